The number of nitrogens with one attached hydrogen (secondary N) is 2. The summed E-state index contributed by atoms with van der Waals surface area (Å²) in [5.41, 5.74) is 5.32. The first kappa shape index (κ1) is 15.5. The monoisotopic (exact) mass is 364 g/mol. The molecule has 4 nitrogen and oxygen atoms in total. The molecule has 0 radical (unpaired) electrons. The summed E-state index contributed by atoms with van der Waals surface area (Å²) in [6, 6.07) is 24.1. The van der Waals surface area contributed by atoms with Gasteiger partial charge >= 0.3 is 0 Å². The zero-order valence-corrected chi connectivity index (χ0v) is 14.9. The maximum Gasteiger partial charge on any atom is 0.0992 e. The molecular formula is C22H12N4S. The zero-order valence-electron chi connectivity index (χ0n) is 14.1. The van der Waals surface area contributed by atoms with Gasteiger partial charge in [0.2, 0.25) is 0 Å². The van der Waals surface area contributed by atoms with Crippen molar-refractivity contribution in [1.82, 2.24) is 9.97 Å². The summed E-state index contributed by atoms with van der Waals surface area (Å²) in [6.07, 6.45) is 0. The Bertz CT molecular complexity index is 1300. The van der Waals surface area contributed by atoms with Gasteiger partial charge in [0.15, 0.2) is 0 Å². The number of hydrogen-bond donors (Lipinski definition) is 2. The lowest BCUT2D eigenvalue weighted by atomic mass is 10.2. The Morgan fingerprint density at radius 3 is 1.56 bits per heavy atom. The van der Waals surface area contributed by atoms with Gasteiger partial charge in [0.25, 0.3) is 0 Å². The SMILES string of the molecule is N#Cc1ccc2cc(-c3ccc(-c4cc5ccc(C#N)cc5[nH]4)s3)[nH]c2c1. The Morgan fingerprint density at radius 2 is 1.11 bits per heavy atom. The molecule has 126 valence electrons. The lowest BCUT2D eigenvalue weighted by molar-refractivity contribution is 1.46. The molecule has 0 bridgehead atoms. The van der Waals surface area contributed by atoms with Gasteiger partial charge in [0.05, 0.1) is 44.4 Å². The standard InChI is InChI=1S/C22H12N4S/c23-11-13-1-3-15-9-19(25-17(15)7-13)21-5-6-22(27-21)20-10-16-4-2-14(12-24)8-18(16)26-20/h1-10,25-26H. The fraction of sp³-hybridized carbons (Fsp3) is 0. The van der Waals surface area contributed by atoms with Crippen molar-refractivity contribution in [3.05, 3.63) is 71.8 Å². The molecule has 5 aromatic rings. The molecular weight excluding hydrogens is 352 g/mol. The van der Waals surface area contributed by atoms with Crippen LogP contribution >= 0.6 is 11.3 Å². The highest BCUT2D eigenvalue weighted by Crippen LogP contribution is 2.36. The van der Waals surface area contributed by atoms with Crippen molar-refractivity contribution in [2.24, 2.45) is 0 Å². The molecule has 5 heteroatoms. The van der Waals surface area contributed by atoms with E-state index in [2.05, 4.69) is 46.4 Å². The lowest BCUT2D eigenvalue weighted by Gasteiger charge is -1.92. The number of fused-ring (bicyclic) bond motifs is 2. The normalized spacial score (nSPS) is 10.9. The van der Waals surface area contributed by atoms with Crippen LogP contribution in [0.5, 0.6) is 0 Å². The van der Waals surface area contributed by atoms with E-state index >= 15 is 0 Å². The summed E-state index contributed by atoms with van der Waals surface area (Å²) in [5, 5.41) is 20.3. The van der Waals surface area contributed by atoms with Gasteiger partial charge in [-0.15, -0.1) is 11.3 Å². The Hall–Kier alpha value is -3.80. The van der Waals surface area contributed by atoms with E-state index in [0.29, 0.717) is 11.1 Å². The summed E-state index contributed by atoms with van der Waals surface area (Å²) in [7, 11) is 0. The third kappa shape index (κ3) is 2.58. The first-order chi connectivity index (χ1) is 13.2. The molecule has 0 aliphatic heterocycles. The highest BCUT2D eigenvalue weighted by atomic mass is 32.1. The fourth-order valence-corrected chi connectivity index (χ4v) is 4.24. The summed E-state index contributed by atoms with van der Waals surface area (Å²) in [6.45, 7) is 0. The minimum absolute atomic E-state index is 0.651. The molecule has 3 aromatic heterocycles. The second-order valence-corrected chi connectivity index (χ2v) is 7.44. The first-order valence-electron chi connectivity index (χ1n) is 8.40. The van der Waals surface area contributed by atoms with Gasteiger partial charge in [0.1, 0.15) is 0 Å². The van der Waals surface area contributed by atoms with Gasteiger partial charge in [-0.1, -0.05) is 12.1 Å². The third-order valence-corrected chi connectivity index (χ3v) is 5.79. The first-order valence-corrected chi connectivity index (χ1v) is 9.21. The molecule has 0 saturated carbocycles. The van der Waals surface area contributed by atoms with Crippen LogP contribution < -0.4 is 0 Å². The zero-order chi connectivity index (χ0) is 18.4. The molecule has 2 N–H and O–H groups in total. The molecule has 0 amide bonds. The average molecular weight is 364 g/mol. The minimum atomic E-state index is 0.651. The van der Waals surface area contributed by atoms with Gasteiger partial charge in [-0.2, -0.15) is 10.5 Å². The van der Waals surface area contributed by atoms with E-state index in [4.69, 9.17) is 10.5 Å². The predicted molar refractivity (Wildman–Crippen MR) is 108 cm³/mol. The summed E-state index contributed by atoms with van der Waals surface area (Å²) in [5.74, 6) is 0. The summed E-state index contributed by atoms with van der Waals surface area (Å²) >= 11 is 1.70. The fourth-order valence-electron chi connectivity index (χ4n) is 3.29. The summed E-state index contributed by atoms with van der Waals surface area (Å²) in [4.78, 5) is 9.08. The molecule has 2 aromatic carbocycles. The maximum absolute atomic E-state index is 9.06. The van der Waals surface area contributed by atoms with Crippen molar-refractivity contribution in [1.29, 1.82) is 10.5 Å². The Balaban J connectivity index is 1.55. The second kappa shape index (κ2) is 5.88. The quantitative estimate of drug-likeness (QED) is 0.416. The topological polar surface area (TPSA) is 79.2 Å². The maximum atomic E-state index is 9.06. The molecule has 0 saturated heterocycles. The Kier molecular flexibility index (Phi) is 3.36. The third-order valence-electron chi connectivity index (χ3n) is 4.64. The van der Waals surface area contributed by atoms with E-state index in [1.807, 2.05) is 36.4 Å². The smallest absolute Gasteiger partial charge is 0.0992 e. The average Bonchev–Trinajstić information content (AvgIpc) is 3.43. The van der Waals surface area contributed by atoms with Crippen LogP contribution in [-0.2, 0) is 0 Å². The van der Waals surface area contributed by atoms with Crippen molar-refractivity contribution in [3.8, 4) is 33.3 Å². The number of aromatic nitrogens is 2. The largest absolute Gasteiger partial charge is 0.354 e. The van der Waals surface area contributed by atoms with Crippen LogP contribution in [0.1, 0.15) is 11.1 Å². The van der Waals surface area contributed by atoms with Crippen LogP contribution in [0, 0.1) is 22.7 Å². The van der Waals surface area contributed by atoms with Gasteiger partial charge < -0.3 is 9.97 Å². The number of benzene rings is 2. The molecule has 0 atom stereocenters. The van der Waals surface area contributed by atoms with Crippen LogP contribution in [0.15, 0.2) is 60.7 Å². The lowest BCUT2D eigenvalue weighted by Crippen LogP contribution is -1.74. The second-order valence-electron chi connectivity index (χ2n) is 6.36. The van der Waals surface area contributed by atoms with Crippen molar-refractivity contribution in [2.75, 3.05) is 0 Å². The van der Waals surface area contributed by atoms with E-state index in [1.54, 1.807) is 11.3 Å². The van der Waals surface area contributed by atoms with E-state index in [1.165, 1.54) is 0 Å². The van der Waals surface area contributed by atoms with Crippen molar-refractivity contribution in [2.45, 2.75) is 0 Å². The predicted octanol–water partition coefficient (Wildman–Crippen LogP) is 5.79. The van der Waals surface area contributed by atoms with Gasteiger partial charge in [-0.3, -0.25) is 0 Å². The van der Waals surface area contributed by atoms with Crippen molar-refractivity contribution < 1.29 is 0 Å². The number of H-pyrrole nitrogens is 2. The molecule has 0 spiro atoms. The van der Waals surface area contributed by atoms with Crippen LogP contribution in [-0.4, -0.2) is 9.97 Å². The number of thiophene rings is 1. The molecule has 5 rings (SSSR count). The van der Waals surface area contributed by atoms with Crippen LogP contribution in [0.3, 0.4) is 0 Å². The number of nitriles is 2. The molecule has 27 heavy (non-hydrogen) atoms. The molecule has 0 unspecified atom stereocenters. The number of aromatic amines is 2. The Morgan fingerprint density at radius 1 is 0.630 bits per heavy atom. The summed E-state index contributed by atoms with van der Waals surface area (Å²) < 4.78 is 0. The van der Waals surface area contributed by atoms with Gasteiger partial charge in [0, 0.05) is 21.8 Å². The minimum Gasteiger partial charge on any atom is -0.354 e. The van der Waals surface area contributed by atoms with E-state index in [0.717, 1.165) is 42.9 Å². The highest BCUT2D eigenvalue weighted by molar-refractivity contribution is 7.18. The van der Waals surface area contributed by atoms with Gasteiger partial charge in [-0.05, 0) is 48.5 Å². The van der Waals surface area contributed by atoms with Gasteiger partial charge in [-0.25, -0.2) is 0 Å². The van der Waals surface area contributed by atoms with E-state index < -0.39 is 0 Å². The van der Waals surface area contributed by atoms with Crippen LogP contribution in [0.25, 0.3) is 42.9 Å². The Labute approximate surface area is 158 Å². The van der Waals surface area contributed by atoms with E-state index in [-0.39, 0.29) is 0 Å². The van der Waals surface area contributed by atoms with Crippen molar-refractivity contribution >= 4 is 33.1 Å². The molecule has 0 fully saturated rings. The molecule has 0 aliphatic carbocycles. The number of rotatable bonds is 2. The van der Waals surface area contributed by atoms with Crippen LogP contribution in [0.2, 0.25) is 0 Å². The highest BCUT2D eigenvalue weighted by Gasteiger charge is 2.10. The molecule has 3 heterocycles. The van der Waals surface area contributed by atoms with Crippen molar-refractivity contribution in [3.63, 3.8) is 0 Å². The number of hydrogen-bond acceptors (Lipinski definition) is 3. The molecule has 0 aliphatic rings. The van der Waals surface area contributed by atoms with Crippen LogP contribution in [0.4, 0.5) is 0 Å². The van der Waals surface area contributed by atoms with E-state index in [9.17, 15) is 0 Å². The number of nitrogens with zero attached hydrogens (tertiary/aromatic N) is 2.